The lowest BCUT2D eigenvalue weighted by atomic mass is 10.1. The monoisotopic (exact) mass is 226 g/mol. The van der Waals surface area contributed by atoms with E-state index in [1.165, 1.54) is 6.26 Å². The molecule has 0 radical (unpaired) electrons. The molecule has 0 aliphatic heterocycles. The van der Waals surface area contributed by atoms with Crippen LogP contribution in [0.5, 0.6) is 0 Å². The molecule has 2 heterocycles. The predicted molar refractivity (Wildman–Crippen MR) is 64.7 cm³/mol. The van der Waals surface area contributed by atoms with Gasteiger partial charge < -0.3 is 8.98 Å². The second kappa shape index (κ2) is 3.59. The van der Waals surface area contributed by atoms with Gasteiger partial charge in [0.15, 0.2) is 0 Å². The number of nitrogens with zero attached hydrogens (tertiary/aromatic N) is 2. The summed E-state index contributed by atoms with van der Waals surface area (Å²) in [5.74, 6) is 0.615. The van der Waals surface area contributed by atoms with Crippen molar-refractivity contribution in [2.75, 3.05) is 0 Å². The zero-order valence-electron chi connectivity index (χ0n) is 9.25. The second-order valence-corrected chi connectivity index (χ2v) is 3.84. The molecule has 0 spiro atoms. The maximum Gasteiger partial charge on any atom is 0.203 e. The van der Waals surface area contributed by atoms with Gasteiger partial charge in [-0.15, -0.1) is 0 Å². The maximum atomic E-state index is 12.3. The van der Waals surface area contributed by atoms with E-state index in [0.29, 0.717) is 22.4 Å². The van der Waals surface area contributed by atoms with Crippen molar-refractivity contribution in [1.29, 1.82) is 0 Å². The third-order valence-electron chi connectivity index (χ3n) is 2.74. The van der Waals surface area contributed by atoms with Gasteiger partial charge in [0.05, 0.1) is 5.39 Å². The third-order valence-corrected chi connectivity index (χ3v) is 2.74. The van der Waals surface area contributed by atoms with Crippen LogP contribution < -0.4 is 5.43 Å². The lowest BCUT2D eigenvalue weighted by Crippen LogP contribution is -2.07. The minimum Gasteiger partial charge on any atom is -0.463 e. The zero-order chi connectivity index (χ0) is 11.8. The van der Waals surface area contributed by atoms with Crippen LogP contribution in [0.25, 0.3) is 22.4 Å². The lowest BCUT2D eigenvalue weighted by Gasteiger charge is -2.02. The lowest BCUT2D eigenvalue weighted by molar-refractivity contribution is 0.603. The molecule has 0 bridgehead atoms. The van der Waals surface area contributed by atoms with E-state index in [4.69, 9.17) is 4.42 Å². The van der Waals surface area contributed by atoms with Crippen LogP contribution in [-0.2, 0) is 7.05 Å². The van der Waals surface area contributed by atoms with Crippen LogP contribution >= 0.6 is 0 Å². The first-order valence-corrected chi connectivity index (χ1v) is 5.25. The molecule has 0 aliphatic rings. The Labute approximate surface area is 97.1 Å². The summed E-state index contributed by atoms with van der Waals surface area (Å²) in [4.78, 5) is 16.4. The predicted octanol–water partition coefficient (Wildman–Crippen LogP) is 2.19. The van der Waals surface area contributed by atoms with Gasteiger partial charge in [0.1, 0.15) is 23.2 Å². The largest absolute Gasteiger partial charge is 0.463 e. The molecule has 0 N–H and O–H groups in total. The molecule has 0 aliphatic carbocycles. The summed E-state index contributed by atoms with van der Waals surface area (Å²) >= 11 is 0. The van der Waals surface area contributed by atoms with Crippen LogP contribution in [-0.4, -0.2) is 9.55 Å². The molecule has 0 unspecified atom stereocenters. The summed E-state index contributed by atoms with van der Waals surface area (Å²) in [7, 11) is 1.84. The molecule has 3 aromatic rings. The van der Waals surface area contributed by atoms with E-state index < -0.39 is 0 Å². The minimum absolute atomic E-state index is 0.0545. The van der Waals surface area contributed by atoms with Crippen molar-refractivity contribution >= 4 is 11.0 Å². The van der Waals surface area contributed by atoms with Crippen LogP contribution in [0.3, 0.4) is 0 Å². The van der Waals surface area contributed by atoms with Crippen LogP contribution in [0.1, 0.15) is 0 Å². The highest BCUT2D eigenvalue weighted by atomic mass is 16.3. The van der Waals surface area contributed by atoms with Crippen molar-refractivity contribution in [2.45, 2.75) is 0 Å². The Morgan fingerprint density at radius 3 is 2.88 bits per heavy atom. The number of para-hydroxylation sites is 1. The van der Waals surface area contributed by atoms with E-state index in [2.05, 4.69) is 4.98 Å². The van der Waals surface area contributed by atoms with Crippen LogP contribution in [0, 0.1) is 0 Å². The summed E-state index contributed by atoms with van der Waals surface area (Å²) in [5, 5.41) is 0.577. The molecule has 2 aromatic heterocycles. The number of imidazole rings is 1. The summed E-state index contributed by atoms with van der Waals surface area (Å²) in [6.07, 6.45) is 4.92. The fraction of sp³-hybridized carbons (Fsp3) is 0.0769. The average Bonchev–Trinajstić information content (AvgIpc) is 2.76. The number of rotatable bonds is 1. The van der Waals surface area contributed by atoms with Crippen LogP contribution in [0.2, 0.25) is 0 Å². The number of aromatic nitrogens is 2. The van der Waals surface area contributed by atoms with Gasteiger partial charge in [-0.2, -0.15) is 0 Å². The fourth-order valence-corrected chi connectivity index (χ4v) is 1.86. The fourth-order valence-electron chi connectivity index (χ4n) is 1.86. The molecule has 0 saturated carbocycles. The van der Waals surface area contributed by atoms with Gasteiger partial charge >= 0.3 is 0 Å². The number of hydrogen-bond donors (Lipinski definition) is 0. The first-order chi connectivity index (χ1) is 8.27. The minimum atomic E-state index is -0.0545. The van der Waals surface area contributed by atoms with Crippen molar-refractivity contribution < 1.29 is 4.42 Å². The second-order valence-electron chi connectivity index (χ2n) is 3.84. The molecule has 17 heavy (non-hydrogen) atoms. The SMILES string of the molecule is Cn1ccnc1-c1coc2ccccc2c1=O. The standard InChI is InChI=1S/C13H10N2O2/c1-15-7-6-14-13(15)10-8-17-11-5-3-2-4-9(11)12(10)16/h2-8H,1H3. The smallest absolute Gasteiger partial charge is 0.203 e. The highest BCUT2D eigenvalue weighted by molar-refractivity contribution is 5.80. The Morgan fingerprint density at radius 2 is 2.12 bits per heavy atom. The van der Waals surface area contributed by atoms with E-state index in [-0.39, 0.29) is 5.43 Å². The molecule has 4 nitrogen and oxygen atoms in total. The normalized spacial score (nSPS) is 10.9. The zero-order valence-corrected chi connectivity index (χ0v) is 9.25. The Morgan fingerprint density at radius 1 is 1.29 bits per heavy atom. The van der Waals surface area contributed by atoms with E-state index in [9.17, 15) is 4.79 Å². The summed E-state index contributed by atoms with van der Waals surface area (Å²) in [5.41, 5.74) is 1.02. The van der Waals surface area contributed by atoms with Crippen molar-refractivity contribution in [1.82, 2.24) is 9.55 Å². The van der Waals surface area contributed by atoms with Crippen LogP contribution in [0.4, 0.5) is 0 Å². The molecule has 4 heteroatoms. The molecular weight excluding hydrogens is 216 g/mol. The van der Waals surface area contributed by atoms with Gasteiger partial charge in [-0.3, -0.25) is 4.79 Å². The maximum absolute atomic E-state index is 12.3. The van der Waals surface area contributed by atoms with Crippen LogP contribution in [0.15, 0.2) is 52.1 Å². The highest BCUT2D eigenvalue weighted by Gasteiger charge is 2.11. The van der Waals surface area contributed by atoms with E-state index >= 15 is 0 Å². The van der Waals surface area contributed by atoms with Crippen molar-refractivity contribution in [3.8, 4) is 11.4 Å². The Bertz CT molecular complexity index is 740. The number of hydrogen-bond acceptors (Lipinski definition) is 3. The molecule has 1 aromatic carbocycles. The van der Waals surface area contributed by atoms with Gasteiger partial charge in [-0.25, -0.2) is 4.98 Å². The molecule has 0 saturated heterocycles. The molecule has 84 valence electrons. The van der Waals surface area contributed by atoms with E-state index in [1.54, 1.807) is 29.1 Å². The van der Waals surface area contributed by atoms with Crippen molar-refractivity contribution in [2.24, 2.45) is 7.05 Å². The van der Waals surface area contributed by atoms with Gasteiger partial charge in [0.25, 0.3) is 0 Å². The molecule has 0 fully saturated rings. The van der Waals surface area contributed by atoms with Gasteiger partial charge in [0.2, 0.25) is 5.43 Å². The summed E-state index contributed by atoms with van der Waals surface area (Å²) in [6, 6.07) is 7.19. The molecule has 3 rings (SSSR count). The summed E-state index contributed by atoms with van der Waals surface area (Å²) < 4.78 is 7.24. The van der Waals surface area contributed by atoms with Crippen molar-refractivity contribution in [3.63, 3.8) is 0 Å². The van der Waals surface area contributed by atoms with E-state index in [0.717, 1.165) is 0 Å². The Hall–Kier alpha value is -2.36. The number of fused-ring (bicyclic) bond motifs is 1. The first-order valence-electron chi connectivity index (χ1n) is 5.25. The number of aryl methyl sites for hydroxylation is 1. The third kappa shape index (κ3) is 1.45. The van der Waals surface area contributed by atoms with Gasteiger partial charge in [-0.05, 0) is 12.1 Å². The molecular formula is C13H10N2O2. The quantitative estimate of drug-likeness (QED) is 0.639. The molecule has 0 amide bonds. The van der Waals surface area contributed by atoms with E-state index in [1.807, 2.05) is 19.2 Å². The highest BCUT2D eigenvalue weighted by Crippen LogP contribution is 2.17. The Balaban J connectivity index is 2.37. The van der Waals surface area contributed by atoms with Gasteiger partial charge in [-0.1, -0.05) is 12.1 Å². The van der Waals surface area contributed by atoms with Gasteiger partial charge in [0, 0.05) is 19.4 Å². The molecule has 0 atom stereocenters. The summed E-state index contributed by atoms with van der Waals surface area (Å²) in [6.45, 7) is 0. The number of benzene rings is 1. The Kier molecular flexibility index (Phi) is 2.08. The average molecular weight is 226 g/mol. The first kappa shape index (κ1) is 9.84. The topological polar surface area (TPSA) is 48.0 Å². The van der Waals surface area contributed by atoms with Crippen molar-refractivity contribution in [3.05, 3.63) is 53.1 Å².